The van der Waals surface area contributed by atoms with Crippen LogP contribution in [0.15, 0.2) is 65.7 Å². The number of benzene rings is 3. The maximum absolute atomic E-state index is 13.8. The number of aliphatic imine (C=N–C) groups is 1. The SMILES string of the molecule is CCC(=O)CCC(=O)Nc1ccc2c(c1)N1C(=O)c3cc(OC)c(OCc4ccccc4)cc3N=CC1C2. The molecule has 0 bridgehead atoms. The lowest BCUT2D eigenvalue weighted by Crippen LogP contribution is -2.37. The van der Waals surface area contributed by atoms with Gasteiger partial charge in [0.2, 0.25) is 5.91 Å². The molecule has 3 aromatic rings. The third-order valence-corrected chi connectivity index (χ3v) is 6.77. The number of hydrogen-bond acceptors (Lipinski definition) is 6. The summed E-state index contributed by atoms with van der Waals surface area (Å²) in [5.74, 6) is 0.571. The summed E-state index contributed by atoms with van der Waals surface area (Å²) in [4.78, 5) is 44.1. The van der Waals surface area contributed by atoms with E-state index in [1.54, 1.807) is 43.3 Å². The Morgan fingerprint density at radius 2 is 1.87 bits per heavy atom. The van der Waals surface area contributed by atoms with Crippen molar-refractivity contribution in [3.8, 4) is 11.5 Å². The van der Waals surface area contributed by atoms with E-state index in [1.807, 2.05) is 42.5 Å². The molecule has 1 atom stereocenters. The van der Waals surface area contributed by atoms with Crippen molar-refractivity contribution in [1.29, 1.82) is 0 Å². The number of ether oxygens (including phenoxy) is 2. The zero-order valence-corrected chi connectivity index (χ0v) is 21.4. The van der Waals surface area contributed by atoms with Gasteiger partial charge in [0.05, 0.1) is 30.1 Å². The molecule has 194 valence electrons. The van der Waals surface area contributed by atoms with E-state index in [9.17, 15) is 14.4 Å². The van der Waals surface area contributed by atoms with Crippen LogP contribution in [0.3, 0.4) is 0 Å². The summed E-state index contributed by atoms with van der Waals surface area (Å²) in [6.45, 7) is 2.14. The van der Waals surface area contributed by atoms with Gasteiger partial charge in [-0.15, -0.1) is 0 Å². The number of rotatable bonds is 9. The fraction of sp³-hybridized carbons (Fsp3) is 0.267. The van der Waals surface area contributed by atoms with Crippen LogP contribution in [-0.2, 0) is 22.6 Å². The van der Waals surface area contributed by atoms with Crippen LogP contribution in [0.25, 0.3) is 0 Å². The minimum absolute atomic E-state index is 0.0501. The van der Waals surface area contributed by atoms with Crippen LogP contribution >= 0.6 is 0 Å². The lowest BCUT2D eigenvalue weighted by atomic mass is 10.1. The van der Waals surface area contributed by atoms with Gasteiger partial charge in [-0.25, -0.2) is 0 Å². The highest BCUT2D eigenvalue weighted by atomic mass is 16.5. The van der Waals surface area contributed by atoms with Crippen LogP contribution in [-0.4, -0.2) is 37.0 Å². The van der Waals surface area contributed by atoms with E-state index in [4.69, 9.17) is 9.47 Å². The number of methoxy groups -OCH3 is 1. The highest BCUT2D eigenvalue weighted by Gasteiger charge is 2.37. The second kappa shape index (κ2) is 10.9. The number of nitrogens with one attached hydrogen (secondary N) is 1. The van der Waals surface area contributed by atoms with E-state index >= 15 is 0 Å². The first-order valence-corrected chi connectivity index (χ1v) is 12.7. The van der Waals surface area contributed by atoms with Gasteiger partial charge in [-0.2, -0.15) is 0 Å². The molecular formula is C30H29N3O5. The van der Waals surface area contributed by atoms with E-state index in [0.29, 0.717) is 47.9 Å². The Morgan fingerprint density at radius 3 is 2.63 bits per heavy atom. The van der Waals surface area contributed by atoms with Crippen molar-refractivity contribution >= 4 is 40.9 Å². The summed E-state index contributed by atoms with van der Waals surface area (Å²) < 4.78 is 11.6. The van der Waals surface area contributed by atoms with Gasteiger partial charge in [-0.1, -0.05) is 43.3 Å². The van der Waals surface area contributed by atoms with Crippen molar-refractivity contribution < 1.29 is 23.9 Å². The molecule has 2 aliphatic rings. The highest BCUT2D eigenvalue weighted by Crippen LogP contribution is 2.41. The normalized spacial score (nSPS) is 15.3. The quantitative estimate of drug-likeness (QED) is 0.423. The van der Waals surface area contributed by atoms with Gasteiger partial charge in [0.25, 0.3) is 5.91 Å². The topological polar surface area (TPSA) is 97.3 Å². The summed E-state index contributed by atoms with van der Waals surface area (Å²) >= 11 is 0. The standard InChI is InChI=1S/C30H29N3O5/c1-3-23(34)11-12-29(35)32-21-10-9-20-13-22-17-31-25-16-28(38-18-19-7-5-4-6-8-19)27(37-2)15-24(25)30(36)33(22)26(20)14-21/h4-10,14-17,22H,3,11-13,18H2,1-2H3,(H,32,35). The second-order valence-corrected chi connectivity index (χ2v) is 9.30. The molecule has 2 heterocycles. The molecule has 2 aliphatic heterocycles. The zero-order valence-electron chi connectivity index (χ0n) is 21.4. The largest absolute Gasteiger partial charge is 0.493 e. The fourth-order valence-electron chi connectivity index (χ4n) is 4.70. The molecule has 1 N–H and O–H groups in total. The second-order valence-electron chi connectivity index (χ2n) is 9.30. The number of Topliss-reactive ketones (excluding diaryl/α,β-unsaturated/α-hetero) is 1. The molecule has 5 rings (SSSR count). The first-order chi connectivity index (χ1) is 18.5. The van der Waals surface area contributed by atoms with Gasteiger partial charge in [0.1, 0.15) is 12.4 Å². The predicted molar refractivity (Wildman–Crippen MR) is 146 cm³/mol. The molecule has 0 radical (unpaired) electrons. The van der Waals surface area contributed by atoms with Crippen LogP contribution in [0.1, 0.15) is 47.7 Å². The van der Waals surface area contributed by atoms with Gasteiger partial charge in [0.15, 0.2) is 11.5 Å². The molecule has 0 saturated carbocycles. The maximum atomic E-state index is 13.8. The highest BCUT2D eigenvalue weighted by molar-refractivity contribution is 6.15. The number of anilines is 2. The molecule has 2 amide bonds. The predicted octanol–water partition coefficient (Wildman–Crippen LogP) is 5.26. The monoisotopic (exact) mass is 511 g/mol. The molecule has 0 fully saturated rings. The smallest absolute Gasteiger partial charge is 0.261 e. The van der Waals surface area contributed by atoms with Crippen molar-refractivity contribution in [1.82, 2.24) is 0 Å². The van der Waals surface area contributed by atoms with Crippen LogP contribution in [0.2, 0.25) is 0 Å². The van der Waals surface area contributed by atoms with E-state index in [1.165, 1.54) is 0 Å². The van der Waals surface area contributed by atoms with Gasteiger partial charge in [0, 0.05) is 43.7 Å². The Morgan fingerprint density at radius 1 is 1.05 bits per heavy atom. The lowest BCUT2D eigenvalue weighted by molar-refractivity contribution is -0.122. The molecule has 0 aromatic heterocycles. The average molecular weight is 512 g/mol. The van der Waals surface area contributed by atoms with E-state index in [0.717, 1.165) is 16.8 Å². The Balaban J connectivity index is 1.39. The molecule has 0 spiro atoms. The molecule has 8 nitrogen and oxygen atoms in total. The minimum Gasteiger partial charge on any atom is -0.493 e. The Bertz CT molecular complexity index is 1420. The fourth-order valence-corrected chi connectivity index (χ4v) is 4.70. The van der Waals surface area contributed by atoms with E-state index in [2.05, 4.69) is 10.3 Å². The van der Waals surface area contributed by atoms with E-state index < -0.39 is 0 Å². The number of amides is 2. The molecule has 38 heavy (non-hydrogen) atoms. The number of ketones is 1. The summed E-state index contributed by atoms with van der Waals surface area (Å²) in [5, 5.41) is 2.85. The van der Waals surface area contributed by atoms with Crippen molar-refractivity contribution in [2.45, 2.75) is 45.3 Å². The van der Waals surface area contributed by atoms with Gasteiger partial charge >= 0.3 is 0 Å². The minimum atomic E-state index is -0.252. The molecule has 0 aliphatic carbocycles. The first kappa shape index (κ1) is 25.2. The van der Waals surface area contributed by atoms with Gasteiger partial charge in [-0.3, -0.25) is 24.3 Å². The van der Waals surface area contributed by atoms with E-state index in [-0.39, 0.29) is 36.5 Å². The summed E-state index contributed by atoms with van der Waals surface area (Å²) in [5.41, 5.74) is 4.24. The summed E-state index contributed by atoms with van der Waals surface area (Å²) in [7, 11) is 1.54. The number of nitrogens with zero attached hydrogens (tertiary/aromatic N) is 2. The Kier molecular flexibility index (Phi) is 7.22. The molecule has 1 unspecified atom stereocenters. The third kappa shape index (κ3) is 5.16. The van der Waals surface area contributed by atoms with Gasteiger partial charge in [-0.05, 0) is 29.3 Å². The Hall–Kier alpha value is -4.46. The number of carbonyl (C=O) groups is 3. The van der Waals surface area contributed by atoms with Crippen molar-refractivity contribution in [3.63, 3.8) is 0 Å². The Labute approximate surface area is 221 Å². The zero-order chi connectivity index (χ0) is 26.6. The van der Waals surface area contributed by atoms with Crippen LogP contribution in [0.5, 0.6) is 11.5 Å². The van der Waals surface area contributed by atoms with Gasteiger partial charge < -0.3 is 14.8 Å². The lowest BCUT2D eigenvalue weighted by Gasteiger charge is -2.22. The number of fused-ring (bicyclic) bond motifs is 4. The van der Waals surface area contributed by atoms with Crippen molar-refractivity contribution in [2.75, 3.05) is 17.3 Å². The summed E-state index contributed by atoms with van der Waals surface area (Å²) in [6, 6.07) is 18.5. The van der Waals surface area contributed by atoms with Crippen molar-refractivity contribution in [2.24, 2.45) is 4.99 Å². The van der Waals surface area contributed by atoms with Crippen molar-refractivity contribution in [3.05, 3.63) is 77.4 Å². The summed E-state index contributed by atoms with van der Waals surface area (Å²) in [6.07, 6.45) is 3.16. The molecular weight excluding hydrogens is 482 g/mol. The van der Waals surface area contributed by atoms with Crippen LogP contribution < -0.4 is 19.7 Å². The molecule has 8 heteroatoms. The maximum Gasteiger partial charge on any atom is 0.261 e. The van der Waals surface area contributed by atoms with Crippen LogP contribution in [0.4, 0.5) is 17.1 Å². The first-order valence-electron chi connectivity index (χ1n) is 12.7. The average Bonchev–Trinajstić information content (AvgIpc) is 3.24. The van der Waals surface area contributed by atoms with Crippen LogP contribution in [0, 0.1) is 0 Å². The number of carbonyl (C=O) groups excluding carboxylic acids is 3. The third-order valence-electron chi connectivity index (χ3n) is 6.77. The number of hydrogen-bond donors (Lipinski definition) is 1. The molecule has 0 saturated heterocycles. The molecule has 3 aromatic carbocycles.